The second kappa shape index (κ2) is 9.94. The van der Waals surface area contributed by atoms with Crippen molar-refractivity contribution in [3.05, 3.63) is 28.2 Å². The topological polar surface area (TPSA) is 53.7 Å². The van der Waals surface area contributed by atoms with Gasteiger partial charge < -0.3 is 19.3 Å². The Bertz CT molecular complexity index is 822. The predicted molar refractivity (Wildman–Crippen MR) is 153 cm³/mol. The Balaban J connectivity index is 2.15. The van der Waals surface area contributed by atoms with Crippen LogP contribution in [0.2, 0.25) is 26.2 Å². The Labute approximate surface area is 220 Å². The van der Waals surface area contributed by atoms with Crippen LogP contribution in [0.4, 0.5) is 5.69 Å². The van der Waals surface area contributed by atoms with Crippen LogP contribution in [0.25, 0.3) is 0 Å². The van der Waals surface area contributed by atoms with Crippen molar-refractivity contribution in [1.29, 1.82) is 0 Å². The van der Waals surface area contributed by atoms with Crippen LogP contribution in [0.1, 0.15) is 78.7 Å². The average Bonchev–Trinajstić information content (AvgIpc) is 2.96. The van der Waals surface area contributed by atoms with Crippen LogP contribution in [-0.2, 0) is 13.6 Å². The van der Waals surface area contributed by atoms with Crippen molar-refractivity contribution in [3.63, 3.8) is 0 Å². The minimum atomic E-state index is -1.28. The Morgan fingerprint density at radius 1 is 0.912 bits per heavy atom. The van der Waals surface area contributed by atoms with Crippen molar-refractivity contribution in [3.8, 4) is 0 Å². The molecule has 0 saturated carbocycles. The van der Waals surface area contributed by atoms with E-state index in [-0.39, 0.29) is 34.2 Å². The number of halogens is 1. The minimum Gasteiger partial charge on any atom is -0.414 e. The normalized spacial score (nSPS) is 29.6. The summed E-state index contributed by atoms with van der Waals surface area (Å²) in [5.74, 6) is 0.373. The number of benzene rings is 1. The molecule has 2 N–H and O–H groups in total. The van der Waals surface area contributed by atoms with Gasteiger partial charge >= 0.3 is 0 Å². The van der Waals surface area contributed by atoms with Crippen molar-refractivity contribution < 1.29 is 13.6 Å². The fourth-order valence-corrected chi connectivity index (χ4v) is 9.32. The first-order chi connectivity index (χ1) is 15.5. The molecule has 2 heterocycles. The molecule has 4 nitrogen and oxygen atoms in total. The summed E-state index contributed by atoms with van der Waals surface area (Å²) in [7, 11) is -2.56. The molecule has 0 amide bonds. The van der Waals surface area contributed by atoms with Gasteiger partial charge in [0.05, 0.1) is 23.4 Å². The quantitative estimate of drug-likeness (QED) is 0.283. The number of nitrogens with two attached hydrogens (primary N) is 1. The molecule has 0 aliphatic carbocycles. The van der Waals surface area contributed by atoms with Crippen LogP contribution < -0.4 is 5.73 Å². The third-order valence-corrected chi connectivity index (χ3v) is 9.72. The van der Waals surface area contributed by atoms with Crippen molar-refractivity contribution >= 4 is 39.7 Å². The van der Waals surface area contributed by atoms with Gasteiger partial charge in [0, 0.05) is 10.2 Å². The number of fused-ring (bicyclic) bond motifs is 2. The molecule has 0 spiro atoms. The molecule has 194 valence electrons. The summed E-state index contributed by atoms with van der Waals surface area (Å²) in [4.78, 5) is 0. The molecule has 5 atom stereocenters. The van der Waals surface area contributed by atoms with Gasteiger partial charge in [0.1, 0.15) is 0 Å². The summed E-state index contributed by atoms with van der Waals surface area (Å²) in [5, 5.41) is 0. The van der Waals surface area contributed by atoms with Gasteiger partial charge in [0.15, 0.2) is 18.1 Å². The number of hydrogen-bond donors (Lipinski definition) is 1. The van der Waals surface area contributed by atoms with E-state index in [4.69, 9.17) is 19.3 Å². The van der Waals surface area contributed by atoms with Gasteiger partial charge in [-0.05, 0) is 102 Å². The zero-order chi connectivity index (χ0) is 25.7. The monoisotopic (exact) mass is 569 g/mol. The summed E-state index contributed by atoms with van der Waals surface area (Å²) < 4.78 is 22.1. The van der Waals surface area contributed by atoms with E-state index in [0.29, 0.717) is 5.92 Å². The Hall–Kier alpha value is -0.186. The van der Waals surface area contributed by atoms with Gasteiger partial charge in [-0.25, -0.2) is 0 Å². The standard InChI is InChI=1S/C27H48BrNO3Si2/c1-24(2,3)22(30-33(7)8)26-13-14-27(32-26,23(25(4,5)6)31-34(9)10)17-19(16-26)18-11-12-21(29)20(28)15-18/h11-12,15,19,22-23,33-34H,13-14,16-17,29H2,1-10H3/t19-,22?,23?,26+,27-. The molecule has 2 bridgehead atoms. The lowest BCUT2D eigenvalue weighted by atomic mass is 9.69. The summed E-state index contributed by atoms with van der Waals surface area (Å²) in [6, 6.07) is 6.47. The molecule has 7 heteroatoms. The maximum atomic E-state index is 7.42. The van der Waals surface area contributed by atoms with Gasteiger partial charge in [-0.3, -0.25) is 0 Å². The maximum absolute atomic E-state index is 7.42. The molecule has 3 rings (SSSR count). The van der Waals surface area contributed by atoms with Crippen LogP contribution in [0.15, 0.2) is 22.7 Å². The van der Waals surface area contributed by atoms with Gasteiger partial charge in [-0.15, -0.1) is 0 Å². The van der Waals surface area contributed by atoms with Gasteiger partial charge in [0.25, 0.3) is 0 Å². The van der Waals surface area contributed by atoms with Gasteiger partial charge in [-0.1, -0.05) is 47.6 Å². The lowest BCUT2D eigenvalue weighted by molar-refractivity contribution is -0.240. The van der Waals surface area contributed by atoms with E-state index in [1.54, 1.807) is 0 Å². The van der Waals surface area contributed by atoms with Crippen molar-refractivity contribution in [2.24, 2.45) is 10.8 Å². The third-order valence-electron chi connectivity index (χ3n) is 7.40. The van der Waals surface area contributed by atoms with E-state index >= 15 is 0 Å². The SMILES string of the molecule is C[SiH](C)OC(C(C)(C)C)[C@@]12CC[C@@](C(O[SiH](C)C)C(C)(C)C)(C[C@@H](c3ccc(N)c(Br)c3)C1)O2. The molecule has 2 unspecified atom stereocenters. The van der Waals surface area contributed by atoms with E-state index in [9.17, 15) is 0 Å². The van der Waals surface area contributed by atoms with Gasteiger partial charge in [-0.2, -0.15) is 0 Å². The first-order valence-corrected chi connectivity index (χ1v) is 19.4. The number of anilines is 1. The fraction of sp³-hybridized carbons (Fsp3) is 0.778. The number of nitrogen functional groups attached to an aromatic ring is 1. The number of rotatable bonds is 7. The second-order valence-corrected chi connectivity index (χ2v) is 19.1. The summed E-state index contributed by atoms with van der Waals surface area (Å²) in [6.07, 6.45) is 4.13. The summed E-state index contributed by atoms with van der Waals surface area (Å²) in [5.41, 5.74) is 7.64. The van der Waals surface area contributed by atoms with E-state index in [0.717, 1.165) is 35.8 Å². The summed E-state index contributed by atoms with van der Waals surface area (Å²) in [6.45, 7) is 23.0. The average molecular weight is 571 g/mol. The first kappa shape index (κ1) is 28.4. The van der Waals surface area contributed by atoms with E-state index < -0.39 is 18.1 Å². The van der Waals surface area contributed by atoms with Gasteiger partial charge in [0.2, 0.25) is 0 Å². The molecule has 34 heavy (non-hydrogen) atoms. The van der Waals surface area contributed by atoms with Crippen molar-refractivity contribution in [1.82, 2.24) is 0 Å². The lowest BCUT2D eigenvalue weighted by Gasteiger charge is -2.55. The highest BCUT2D eigenvalue weighted by Gasteiger charge is 2.64. The Morgan fingerprint density at radius 3 is 1.71 bits per heavy atom. The Kier molecular flexibility index (Phi) is 8.30. The smallest absolute Gasteiger partial charge is 0.171 e. The maximum Gasteiger partial charge on any atom is 0.171 e. The van der Waals surface area contributed by atoms with Crippen LogP contribution >= 0.6 is 15.9 Å². The van der Waals surface area contributed by atoms with Crippen LogP contribution in [0, 0.1) is 10.8 Å². The fourth-order valence-electron chi connectivity index (χ4n) is 6.52. The molecular weight excluding hydrogens is 522 g/mol. The third kappa shape index (κ3) is 5.86. The minimum absolute atomic E-state index is 0.0121. The zero-order valence-electron chi connectivity index (χ0n) is 23.1. The number of ether oxygens (including phenoxy) is 1. The van der Waals surface area contributed by atoms with E-state index in [1.807, 2.05) is 6.07 Å². The molecule has 2 saturated heterocycles. The van der Waals surface area contributed by atoms with Crippen LogP contribution in [0.3, 0.4) is 0 Å². The van der Waals surface area contributed by atoms with E-state index in [1.165, 1.54) is 5.56 Å². The highest BCUT2D eigenvalue weighted by Crippen LogP contribution is 2.60. The largest absolute Gasteiger partial charge is 0.414 e. The highest BCUT2D eigenvalue weighted by atomic mass is 79.9. The molecule has 0 radical (unpaired) electrons. The molecule has 1 aromatic carbocycles. The lowest BCUT2D eigenvalue weighted by Crippen LogP contribution is -2.61. The molecule has 1 aromatic rings. The van der Waals surface area contributed by atoms with Crippen molar-refractivity contribution in [2.45, 2.75) is 123 Å². The molecule has 0 aromatic heterocycles. The molecule has 2 aliphatic rings. The van der Waals surface area contributed by atoms with Crippen LogP contribution in [-0.4, -0.2) is 41.5 Å². The molecular formula is C27H48BrNO3Si2. The Morgan fingerprint density at radius 2 is 1.35 bits per heavy atom. The highest BCUT2D eigenvalue weighted by molar-refractivity contribution is 9.10. The zero-order valence-corrected chi connectivity index (χ0v) is 27.0. The number of hydrogen-bond acceptors (Lipinski definition) is 4. The predicted octanol–water partition coefficient (Wildman–Crippen LogP) is 7.03. The molecule has 2 fully saturated rings. The second-order valence-electron chi connectivity index (χ2n) is 13.5. The van der Waals surface area contributed by atoms with E-state index in [2.05, 4.69) is 95.8 Å². The molecule has 2 aliphatic heterocycles. The first-order valence-electron chi connectivity index (χ1n) is 13.1. The van der Waals surface area contributed by atoms with Crippen molar-refractivity contribution in [2.75, 3.05) is 5.73 Å². The van der Waals surface area contributed by atoms with Crippen LogP contribution in [0.5, 0.6) is 0 Å². The summed E-state index contributed by atoms with van der Waals surface area (Å²) >= 11 is 3.68.